The van der Waals surface area contributed by atoms with Gasteiger partial charge in [-0.1, -0.05) is 30.3 Å². The lowest BCUT2D eigenvalue weighted by atomic mass is 9.83. The molecule has 0 aliphatic carbocycles. The first-order valence-corrected chi connectivity index (χ1v) is 7.37. The van der Waals surface area contributed by atoms with Gasteiger partial charge in [-0.3, -0.25) is 4.90 Å². The maximum Gasteiger partial charge on any atom is 0.0322 e. The van der Waals surface area contributed by atoms with Crippen molar-refractivity contribution in [3.63, 3.8) is 0 Å². The van der Waals surface area contributed by atoms with Crippen LogP contribution in [-0.2, 0) is 0 Å². The Kier molecular flexibility index (Phi) is 3.67. The van der Waals surface area contributed by atoms with Gasteiger partial charge in [-0.25, -0.2) is 0 Å². The van der Waals surface area contributed by atoms with E-state index in [0.717, 1.165) is 12.0 Å². The van der Waals surface area contributed by atoms with Crippen LogP contribution in [0.5, 0.6) is 0 Å². The molecule has 0 radical (unpaired) electrons. The van der Waals surface area contributed by atoms with Crippen LogP contribution in [0.1, 0.15) is 37.8 Å². The highest BCUT2D eigenvalue weighted by atomic mass is 15.2. The second kappa shape index (κ2) is 5.41. The van der Waals surface area contributed by atoms with E-state index in [0.29, 0.717) is 6.04 Å². The van der Waals surface area contributed by atoms with Crippen LogP contribution in [0.15, 0.2) is 30.3 Å². The third-order valence-electron chi connectivity index (χ3n) is 4.76. The number of hydrogen-bond donors (Lipinski definition) is 1. The summed E-state index contributed by atoms with van der Waals surface area (Å²) in [4.78, 5) is 2.75. The summed E-state index contributed by atoms with van der Waals surface area (Å²) in [5.41, 5.74) is 1.47. The normalized spacial score (nSPS) is 30.7. The second-order valence-corrected chi connectivity index (χ2v) is 5.79. The summed E-state index contributed by atoms with van der Waals surface area (Å²) >= 11 is 0. The Morgan fingerprint density at radius 2 is 2.06 bits per heavy atom. The van der Waals surface area contributed by atoms with E-state index in [2.05, 4.69) is 47.5 Å². The van der Waals surface area contributed by atoms with E-state index in [1.54, 1.807) is 0 Å². The Balaban J connectivity index is 1.77. The molecule has 2 nitrogen and oxygen atoms in total. The van der Waals surface area contributed by atoms with E-state index in [-0.39, 0.29) is 0 Å². The topological polar surface area (TPSA) is 15.3 Å². The summed E-state index contributed by atoms with van der Waals surface area (Å²) in [6, 6.07) is 12.3. The zero-order chi connectivity index (χ0) is 12.4. The summed E-state index contributed by atoms with van der Waals surface area (Å²) < 4.78 is 0. The van der Waals surface area contributed by atoms with Crippen LogP contribution < -0.4 is 5.32 Å². The van der Waals surface area contributed by atoms with Crippen molar-refractivity contribution in [2.75, 3.05) is 19.6 Å². The number of benzene rings is 1. The largest absolute Gasteiger partial charge is 0.316 e. The molecule has 0 aromatic heterocycles. The van der Waals surface area contributed by atoms with Crippen molar-refractivity contribution in [2.45, 2.75) is 38.3 Å². The molecule has 2 saturated heterocycles. The standard InChI is InChI=1S/C16H24N2/c1-13(14-6-3-2-4-7-14)18-11-5-8-15-12-17-10-9-16(15)18/h2-4,6-7,13,15-17H,5,8-12H2,1H3. The number of nitrogens with zero attached hydrogens (tertiary/aromatic N) is 1. The molecule has 0 saturated carbocycles. The fourth-order valence-corrected chi connectivity index (χ4v) is 3.75. The number of hydrogen-bond acceptors (Lipinski definition) is 2. The van der Waals surface area contributed by atoms with Crippen LogP contribution in [-0.4, -0.2) is 30.6 Å². The van der Waals surface area contributed by atoms with Gasteiger partial charge in [0.1, 0.15) is 0 Å². The van der Waals surface area contributed by atoms with E-state index in [1.165, 1.54) is 44.5 Å². The van der Waals surface area contributed by atoms with Crippen LogP contribution in [0.25, 0.3) is 0 Å². The summed E-state index contributed by atoms with van der Waals surface area (Å²) in [6.07, 6.45) is 4.09. The van der Waals surface area contributed by atoms with Crippen LogP contribution >= 0.6 is 0 Å². The minimum Gasteiger partial charge on any atom is -0.316 e. The molecule has 2 fully saturated rings. The first-order chi connectivity index (χ1) is 8.86. The summed E-state index contributed by atoms with van der Waals surface area (Å²) in [7, 11) is 0. The predicted octanol–water partition coefficient (Wildman–Crippen LogP) is 2.82. The summed E-state index contributed by atoms with van der Waals surface area (Å²) in [6.45, 7) is 6.07. The van der Waals surface area contributed by atoms with Crippen molar-refractivity contribution in [1.29, 1.82) is 0 Å². The third-order valence-corrected chi connectivity index (χ3v) is 4.76. The predicted molar refractivity (Wildman–Crippen MR) is 75.6 cm³/mol. The van der Waals surface area contributed by atoms with E-state index in [1.807, 2.05) is 0 Å². The highest BCUT2D eigenvalue weighted by molar-refractivity contribution is 5.19. The summed E-state index contributed by atoms with van der Waals surface area (Å²) in [5, 5.41) is 3.56. The molecule has 98 valence electrons. The molecule has 0 amide bonds. The Hall–Kier alpha value is -0.860. The Morgan fingerprint density at radius 1 is 1.22 bits per heavy atom. The van der Waals surface area contributed by atoms with Crippen molar-refractivity contribution in [3.8, 4) is 0 Å². The van der Waals surface area contributed by atoms with Gasteiger partial charge in [0.2, 0.25) is 0 Å². The highest BCUT2D eigenvalue weighted by Crippen LogP contribution is 2.34. The smallest absolute Gasteiger partial charge is 0.0322 e. The summed E-state index contributed by atoms with van der Waals surface area (Å²) in [5.74, 6) is 0.874. The third kappa shape index (κ3) is 2.32. The van der Waals surface area contributed by atoms with Gasteiger partial charge in [-0.2, -0.15) is 0 Å². The second-order valence-electron chi connectivity index (χ2n) is 5.79. The molecule has 3 unspecified atom stereocenters. The lowest BCUT2D eigenvalue weighted by Crippen LogP contribution is -2.53. The average molecular weight is 244 g/mol. The first-order valence-electron chi connectivity index (χ1n) is 7.37. The first kappa shape index (κ1) is 12.2. The SMILES string of the molecule is CC(c1ccccc1)N1CCCC2CNCCC21. The van der Waals surface area contributed by atoms with Gasteiger partial charge in [-0.05, 0) is 57.3 Å². The maximum atomic E-state index is 3.56. The fraction of sp³-hybridized carbons (Fsp3) is 0.625. The minimum absolute atomic E-state index is 0.567. The fourth-order valence-electron chi connectivity index (χ4n) is 3.75. The van der Waals surface area contributed by atoms with Gasteiger partial charge < -0.3 is 5.32 Å². The molecule has 0 bridgehead atoms. The molecule has 1 N–H and O–H groups in total. The molecular formula is C16H24N2. The minimum atomic E-state index is 0.567. The molecule has 2 aliphatic heterocycles. The van der Waals surface area contributed by atoms with Crippen molar-refractivity contribution in [2.24, 2.45) is 5.92 Å². The molecule has 0 spiro atoms. The van der Waals surface area contributed by atoms with Crippen LogP contribution in [0.2, 0.25) is 0 Å². The number of rotatable bonds is 2. The molecule has 3 atom stereocenters. The lowest BCUT2D eigenvalue weighted by Gasteiger charge is -2.47. The Morgan fingerprint density at radius 3 is 2.89 bits per heavy atom. The van der Waals surface area contributed by atoms with Gasteiger partial charge in [0.15, 0.2) is 0 Å². The molecule has 2 aliphatic rings. The number of likely N-dealkylation sites (tertiary alicyclic amines) is 1. The number of fused-ring (bicyclic) bond motifs is 1. The highest BCUT2D eigenvalue weighted by Gasteiger charge is 2.35. The molecule has 1 aromatic carbocycles. The maximum absolute atomic E-state index is 3.56. The van der Waals surface area contributed by atoms with E-state index in [4.69, 9.17) is 0 Å². The molecule has 3 rings (SSSR count). The molecule has 1 aromatic rings. The van der Waals surface area contributed by atoms with Gasteiger partial charge in [0, 0.05) is 12.1 Å². The molecule has 2 heterocycles. The molecular weight excluding hydrogens is 220 g/mol. The number of nitrogens with one attached hydrogen (secondary N) is 1. The van der Waals surface area contributed by atoms with E-state index < -0.39 is 0 Å². The zero-order valence-corrected chi connectivity index (χ0v) is 11.3. The van der Waals surface area contributed by atoms with Gasteiger partial charge >= 0.3 is 0 Å². The van der Waals surface area contributed by atoms with Crippen molar-refractivity contribution < 1.29 is 0 Å². The Labute approximate surface area is 110 Å². The van der Waals surface area contributed by atoms with Gasteiger partial charge in [-0.15, -0.1) is 0 Å². The van der Waals surface area contributed by atoms with Gasteiger partial charge in [0.25, 0.3) is 0 Å². The van der Waals surface area contributed by atoms with Crippen LogP contribution in [0.4, 0.5) is 0 Å². The van der Waals surface area contributed by atoms with Gasteiger partial charge in [0.05, 0.1) is 0 Å². The van der Waals surface area contributed by atoms with E-state index in [9.17, 15) is 0 Å². The monoisotopic (exact) mass is 244 g/mol. The Bertz CT molecular complexity index is 374. The lowest BCUT2D eigenvalue weighted by molar-refractivity contribution is 0.0379. The molecule has 18 heavy (non-hydrogen) atoms. The quantitative estimate of drug-likeness (QED) is 0.860. The van der Waals surface area contributed by atoms with Crippen molar-refractivity contribution in [3.05, 3.63) is 35.9 Å². The number of piperidine rings is 2. The van der Waals surface area contributed by atoms with Crippen molar-refractivity contribution >= 4 is 0 Å². The van der Waals surface area contributed by atoms with Crippen molar-refractivity contribution in [1.82, 2.24) is 10.2 Å². The van der Waals surface area contributed by atoms with E-state index >= 15 is 0 Å². The van der Waals surface area contributed by atoms with Crippen LogP contribution in [0, 0.1) is 5.92 Å². The average Bonchev–Trinajstić information content (AvgIpc) is 2.47. The molecule has 2 heteroatoms. The zero-order valence-electron chi connectivity index (χ0n) is 11.3. The van der Waals surface area contributed by atoms with Crippen LogP contribution in [0.3, 0.4) is 0 Å².